The van der Waals surface area contributed by atoms with Gasteiger partial charge in [-0.05, 0) is 112 Å². The van der Waals surface area contributed by atoms with Crippen molar-refractivity contribution < 1.29 is 41.8 Å². The summed E-state index contributed by atoms with van der Waals surface area (Å²) in [6, 6.07) is 21.2. The molecule has 4 aromatic carbocycles. The van der Waals surface area contributed by atoms with Gasteiger partial charge in [0.25, 0.3) is 0 Å². The highest BCUT2D eigenvalue weighted by Crippen LogP contribution is 2.40. The third-order valence-corrected chi connectivity index (χ3v) is 8.12. The summed E-state index contributed by atoms with van der Waals surface area (Å²) in [5.74, 6) is 2.53. The fraction of sp³-hybridized carbons (Fsp3) is 0.375. The standard InChI is InChI=1S/C22H24F3NO3.C22H27NO3.2C2H6/c1-5-6-11-28-19-12-15(2)20(16(3)13-19)29-21(22(23,24)25)18-9-7-17(8-10-18)14-26-27-4;1-6-7-12-25-21-13-16(2)22(17(3)14-21)26-18(4)20-10-8-19(9-11-20)15-23-24-5;2*1-2/h5-10,12-14,21H,11H2,1-4H3;6-11,13-15,18H,12H2,1-5H3;2*1-2H3/b6-5+,26-14-;7-6+,23-15-;;. The molecule has 4 rings (SSSR count). The van der Waals surface area contributed by atoms with E-state index in [0.29, 0.717) is 35.7 Å². The summed E-state index contributed by atoms with van der Waals surface area (Å²) >= 11 is 0. The third kappa shape index (κ3) is 17.8. The monoisotopic (exact) mass is 820 g/mol. The van der Waals surface area contributed by atoms with Gasteiger partial charge in [-0.3, -0.25) is 0 Å². The average molecular weight is 821 g/mol. The summed E-state index contributed by atoms with van der Waals surface area (Å²) in [6.07, 6.45) is 4.02. The molecule has 8 nitrogen and oxygen atoms in total. The second kappa shape index (κ2) is 27.8. The van der Waals surface area contributed by atoms with E-state index < -0.39 is 12.3 Å². The largest absolute Gasteiger partial charge is 0.490 e. The van der Waals surface area contributed by atoms with Crippen molar-refractivity contribution >= 4 is 12.4 Å². The van der Waals surface area contributed by atoms with E-state index in [1.54, 1.807) is 32.2 Å². The number of nitrogens with zero attached hydrogens (tertiary/aromatic N) is 2. The summed E-state index contributed by atoms with van der Waals surface area (Å²) in [4.78, 5) is 9.27. The maximum Gasteiger partial charge on any atom is 0.429 e. The molecule has 0 fully saturated rings. The van der Waals surface area contributed by atoms with Crippen LogP contribution in [0.3, 0.4) is 0 Å². The summed E-state index contributed by atoms with van der Waals surface area (Å²) in [5.41, 5.74) is 5.97. The van der Waals surface area contributed by atoms with Crippen LogP contribution in [0, 0.1) is 27.7 Å². The SMILES string of the molecule is C/C=C/COc1cc(C)c(OC(C)c2ccc(/C=N\OC)cc2)c(C)c1.C/C=C/COc1cc(C)c(OC(c2ccc(/C=N\OC)cc2)C(F)(F)F)c(C)c1.CC.CC. The Morgan fingerprint density at radius 2 is 0.932 bits per heavy atom. The van der Waals surface area contributed by atoms with Crippen molar-refractivity contribution in [3.8, 4) is 23.0 Å². The van der Waals surface area contributed by atoms with E-state index in [1.807, 2.05) is 123 Å². The highest BCUT2D eigenvalue weighted by molar-refractivity contribution is 5.79. The lowest BCUT2D eigenvalue weighted by Gasteiger charge is -2.24. The molecule has 0 aromatic heterocycles. The van der Waals surface area contributed by atoms with Gasteiger partial charge in [0.1, 0.15) is 56.5 Å². The van der Waals surface area contributed by atoms with Crippen molar-refractivity contribution in [2.45, 2.75) is 94.5 Å². The zero-order valence-corrected chi connectivity index (χ0v) is 36.9. The van der Waals surface area contributed by atoms with Gasteiger partial charge >= 0.3 is 6.18 Å². The van der Waals surface area contributed by atoms with Crippen LogP contribution in [-0.2, 0) is 9.68 Å². The minimum atomic E-state index is -4.58. The molecule has 0 aliphatic rings. The Balaban J connectivity index is 0.000000547. The molecule has 4 aromatic rings. The predicted molar refractivity (Wildman–Crippen MR) is 236 cm³/mol. The van der Waals surface area contributed by atoms with Gasteiger partial charge in [0.05, 0.1) is 12.4 Å². The molecular weight excluding hydrogens is 758 g/mol. The van der Waals surface area contributed by atoms with Crippen LogP contribution in [0.4, 0.5) is 13.2 Å². The summed E-state index contributed by atoms with van der Waals surface area (Å²) in [5, 5.41) is 7.37. The van der Waals surface area contributed by atoms with Crippen LogP contribution in [0.5, 0.6) is 23.0 Å². The number of aryl methyl sites for hydroxylation is 4. The van der Waals surface area contributed by atoms with Crippen LogP contribution in [0.25, 0.3) is 0 Å². The number of benzene rings is 4. The van der Waals surface area contributed by atoms with Gasteiger partial charge in [0, 0.05) is 5.56 Å². The molecule has 0 aliphatic heterocycles. The van der Waals surface area contributed by atoms with Gasteiger partial charge < -0.3 is 28.6 Å². The second-order valence-corrected chi connectivity index (χ2v) is 12.5. The third-order valence-electron chi connectivity index (χ3n) is 8.12. The van der Waals surface area contributed by atoms with Crippen LogP contribution < -0.4 is 18.9 Å². The molecule has 0 radical (unpaired) electrons. The summed E-state index contributed by atoms with van der Waals surface area (Å²) in [6.45, 7) is 22.4. The molecule has 0 N–H and O–H groups in total. The topological polar surface area (TPSA) is 80.1 Å². The Morgan fingerprint density at radius 3 is 1.27 bits per heavy atom. The fourth-order valence-corrected chi connectivity index (χ4v) is 5.36. The van der Waals surface area contributed by atoms with Gasteiger partial charge in [-0.25, -0.2) is 0 Å². The highest BCUT2D eigenvalue weighted by atomic mass is 19.4. The predicted octanol–water partition coefficient (Wildman–Crippen LogP) is 13.4. The highest BCUT2D eigenvalue weighted by Gasteiger charge is 2.43. The number of rotatable bonds is 16. The molecule has 0 bridgehead atoms. The van der Waals surface area contributed by atoms with Gasteiger partial charge in [0.2, 0.25) is 6.10 Å². The Labute approximate surface area is 350 Å². The van der Waals surface area contributed by atoms with E-state index in [2.05, 4.69) is 15.1 Å². The normalized spacial score (nSPS) is 12.1. The quantitative estimate of drug-likeness (QED) is 0.0636. The van der Waals surface area contributed by atoms with Crippen LogP contribution in [0.1, 0.15) is 105 Å². The van der Waals surface area contributed by atoms with Crippen molar-refractivity contribution in [1.29, 1.82) is 0 Å². The molecule has 322 valence electrons. The Bertz CT molecular complexity index is 1860. The van der Waals surface area contributed by atoms with Gasteiger partial charge in [0.15, 0.2) is 0 Å². The number of halogens is 3. The maximum atomic E-state index is 13.7. The van der Waals surface area contributed by atoms with Crippen molar-refractivity contribution in [3.63, 3.8) is 0 Å². The number of allylic oxidation sites excluding steroid dienone is 2. The molecule has 11 heteroatoms. The van der Waals surface area contributed by atoms with E-state index in [4.69, 9.17) is 23.8 Å². The zero-order valence-electron chi connectivity index (χ0n) is 36.9. The number of hydrogen-bond acceptors (Lipinski definition) is 8. The molecule has 59 heavy (non-hydrogen) atoms. The molecule has 2 atom stereocenters. The molecule has 0 saturated carbocycles. The molecule has 2 unspecified atom stereocenters. The van der Waals surface area contributed by atoms with E-state index in [-0.39, 0.29) is 17.4 Å². The fourth-order valence-electron chi connectivity index (χ4n) is 5.36. The first-order chi connectivity index (χ1) is 28.3. The Kier molecular flexibility index (Phi) is 24.2. The lowest BCUT2D eigenvalue weighted by Crippen LogP contribution is -2.26. The summed E-state index contributed by atoms with van der Waals surface area (Å²) < 4.78 is 64.2. The van der Waals surface area contributed by atoms with E-state index in [0.717, 1.165) is 33.8 Å². The smallest absolute Gasteiger partial charge is 0.429 e. The van der Waals surface area contributed by atoms with Crippen LogP contribution in [0.2, 0.25) is 0 Å². The maximum absolute atomic E-state index is 13.7. The van der Waals surface area contributed by atoms with Crippen molar-refractivity contribution in [2.75, 3.05) is 27.4 Å². The van der Waals surface area contributed by atoms with Crippen molar-refractivity contribution in [3.05, 3.63) is 142 Å². The number of oxime groups is 2. The average Bonchev–Trinajstić information content (AvgIpc) is 3.22. The lowest BCUT2D eigenvalue weighted by molar-refractivity contribution is -0.198. The zero-order chi connectivity index (χ0) is 44.4. The molecular formula is C48H63F3N2O6. The van der Waals surface area contributed by atoms with Crippen LogP contribution in [-0.4, -0.2) is 46.0 Å². The first-order valence-electron chi connectivity index (χ1n) is 19.7. The van der Waals surface area contributed by atoms with E-state index in [9.17, 15) is 13.2 Å². The number of alkyl halides is 3. The van der Waals surface area contributed by atoms with Crippen molar-refractivity contribution in [2.24, 2.45) is 10.3 Å². The van der Waals surface area contributed by atoms with Gasteiger partial charge in [-0.15, -0.1) is 0 Å². The first-order valence-corrected chi connectivity index (χ1v) is 19.7. The number of hydrogen-bond donors (Lipinski definition) is 0. The first kappa shape index (κ1) is 51.3. The Morgan fingerprint density at radius 1 is 0.576 bits per heavy atom. The minimum absolute atomic E-state index is 0.000670. The molecule has 0 saturated heterocycles. The molecule has 0 spiro atoms. The minimum Gasteiger partial charge on any atom is -0.490 e. The van der Waals surface area contributed by atoms with E-state index in [1.165, 1.54) is 44.7 Å². The van der Waals surface area contributed by atoms with Crippen LogP contribution >= 0.6 is 0 Å². The van der Waals surface area contributed by atoms with Crippen LogP contribution in [0.15, 0.2) is 107 Å². The molecule has 0 heterocycles. The second-order valence-electron chi connectivity index (χ2n) is 12.5. The molecule has 0 aliphatic carbocycles. The van der Waals surface area contributed by atoms with Gasteiger partial charge in [-0.2, -0.15) is 13.2 Å². The lowest BCUT2D eigenvalue weighted by atomic mass is 10.1. The summed E-state index contributed by atoms with van der Waals surface area (Å²) in [7, 11) is 2.92. The molecule has 0 amide bonds. The number of ether oxygens (including phenoxy) is 4. The Hall–Kier alpha value is -5.71. The van der Waals surface area contributed by atoms with Gasteiger partial charge in [-0.1, -0.05) is 111 Å². The van der Waals surface area contributed by atoms with E-state index >= 15 is 0 Å². The van der Waals surface area contributed by atoms with Crippen molar-refractivity contribution in [1.82, 2.24) is 0 Å².